The molecule has 0 spiro atoms. The number of allylic oxidation sites excluding steroid dienone is 2. The number of aliphatic hydroxyl groups excluding tert-OH is 1. The first kappa shape index (κ1) is 38.0. The monoisotopic (exact) mass is 696 g/mol. The van der Waals surface area contributed by atoms with E-state index in [1.54, 1.807) is 6.92 Å². The van der Waals surface area contributed by atoms with E-state index in [0.29, 0.717) is 25.2 Å². The maximum atomic E-state index is 14.7. The number of ketones is 1. The lowest BCUT2D eigenvalue weighted by Gasteiger charge is -2.70. The van der Waals surface area contributed by atoms with Crippen LogP contribution in [0.1, 0.15) is 154 Å². The summed E-state index contributed by atoms with van der Waals surface area (Å²) in [4.78, 5) is 42.3. The summed E-state index contributed by atoms with van der Waals surface area (Å²) in [5.41, 5.74) is -1.03. The van der Waals surface area contributed by atoms with E-state index in [-0.39, 0.29) is 68.7 Å². The molecule has 50 heavy (non-hydrogen) atoms. The van der Waals surface area contributed by atoms with Crippen molar-refractivity contribution in [1.82, 2.24) is 15.7 Å². The summed E-state index contributed by atoms with van der Waals surface area (Å²) in [7, 11) is 0. The average Bonchev–Trinajstić information content (AvgIpc) is 2.99. The smallest absolute Gasteiger partial charge is 0.242 e. The van der Waals surface area contributed by atoms with Crippen LogP contribution in [0.2, 0.25) is 0 Å². The van der Waals surface area contributed by atoms with Crippen molar-refractivity contribution in [3.05, 3.63) is 11.6 Å². The molecule has 5 fully saturated rings. The normalized spacial score (nSPS) is 45.9. The van der Waals surface area contributed by atoms with E-state index in [2.05, 4.69) is 65.2 Å². The number of nitrogens with zero attached hydrogens (tertiary/aromatic N) is 1. The third-order valence-electron chi connectivity index (χ3n) is 16.8. The maximum absolute atomic E-state index is 14.7. The summed E-state index contributed by atoms with van der Waals surface area (Å²) in [6.07, 6.45) is 11.1. The molecule has 8 nitrogen and oxygen atoms in total. The second kappa shape index (κ2) is 11.6. The second-order valence-electron chi connectivity index (χ2n) is 21.4. The molecule has 10 atom stereocenters. The molecule has 0 radical (unpaired) electrons. The Morgan fingerprint density at radius 1 is 0.840 bits per heavy atom. The van der Waals surface area contributed by atoms with Gasteiger partial charge in [0.2, 0.25) is 11.8 Å². The van der Waals surface area contributed by atoms with Crippen molar-refractivity contribution in [3.8, 4) is 0 Å². The number of hydroxylamine groups is 2. The number of fused-ring (bicyclic) bond motifs is 7. The second-order valence-corrected chi connectivity index (χ2v) is 21.4. The average molecular weight is 696 g/mol. The zero-order chi connectivity index (χ0) is 37.3. The van der Waals surface area contributed by atoms with Crippen molar-refractivity contribution in [3.63, 3.8) is 0 Å². The van der Waals surface area contributed by atoms with Crippen LogP contribution < -0.4 is 10.6 Å². The van der Waals surface area contributed by atoms with Gasteiger partial charge in [0.1, 0.15) is 6.04 Å². The SMILES string of the molecule is C[C@H](NC(=O)[C@@]1(C)CC[C@]2(C)CC[C@]3(C)C(=CC(=O)[C@@H]4[C@@]5(C)CC[C@H](O)C(C)(C)[C@@H]5CC[C@]43C)[C@@H]2C1)C(=O)NC1CC(C)(C)N(O)C(C)(C)C1. The van der Waals surface area contributed by atoms with Gasteiger partial charge in [0.05, 0.1) is 6.10 Å². The number of amides is 2. The number of piperidine rings is 1. The van der Waals surface area contributed by atoms with Gasteiger partial charge in [-0.1, -0.05) is 54.0 Å². The molecule has 6 rings (SSSR count). The van der Waals surface area contributed by atoms with E-state index < -0.39 is 22.5 Å². The minimum atomic E-state index is -0.688. The molecule has 1 heterocycles. The van der Waals surface area contributed by atoms with Crippen molar-refractivity contribution in [2.75, 3.05) is 0 Å². The number of hydrogen-bond donors (Lipinski definition) is 4. The molecule has 1 aliphatic heterocycles. The topological polar surface area (TPSA) is 119 Å². The predicted octanol–water partition coefficient (Wildman–Crippen LogP) is 7.36. The lowest BCUT2D eigenvalue weighted by atomic mass is 9.33. The van der Waals surface area contributed by atoms with Gasteiger partial charge in [-0.15, -0.1) is 0 Å². The molecule has 0 aromatic rings. The highest BCUT2D eigenvalue weighted by Gasteiger charge is 2.70. The van der Waals surface area contributed by atoms with Crippen LogP contribution in [0, 0.1) is 50.2 Å². The number of hydrogen-bond acceptors (Lipinski definition) is 6. The van der Waals surface area contributed by atoms with E-state index >= 15 is 0 Å². The highest BCUT2D eigenvalue weighted by Crippen LogP contribution is 2.75. The quantitative estimate of drug-likeness (QED) is 0.244. The summed E-state index contributed by atoms with van der Waals surface area (Å²) in [6, 6.07) is -0.795. The van der Waals surface area contributed by atoms with Crippen molar-refractivity contribution >= 4 is 17.6 Å². The summed E-state index contributed by atoms with van der Waals surface area (Å²) in [5, 5.41) is 29.5. The van der Waals surface area contributed by atoms with Crippen LogP contribution in [-0.2, 0) is 14.4 Å². The van der Waals surface area contributed by atoms with Gasteiger partial charge in [0, 0.05) is 28.5 Å². The van der Waals surface area contributed by atoms with E-state index in [0.717, 1.165) is 51.4 Å². The van der Waals surface area contributed by atoms with Crippen molar-refractivity contribution in [2.24, 2.45) is 50.2 Å². The van der Waals surface area contributed by atoms with E-state index in [4.69, 9.17) is 0 Å². The fraction of sp³-hybridized carbons (Fsp3) is 0.881. The van der Waals surface area contributed by atoms with Crippen LogP contribution in [0.15, 0.2) is 11.6 Å². The molecule has 0 unspecified atom stereocenters. The van der Waals surface area contributed by atoms with Crippen LogP contribution in [0.4, 0.5) is 0 Å². The molecule has 8 heteroatoms. The van der Waals surface area contributed by atoms with Gasteiger partial charge in [-0.05, 0) is 150 Å². The van der Waals surface area contributed by atoms with Gasteiger partial charge in [0.25, 0.3) is 0 Å². The van der Waals surface area contributed by atoms with Crippen LogP contribution in [0.25, 0.3) is 0 Å². The van der Waals surface area contributed by atoms with Crippen molar-refractivity contribution in [1.29, 1.82) is 0 Å². The Morgan fingerprint density at radius 3 is 2.06 bits per heavy atom. The van der Waals surface area contributed by atoms with Gasteiger partial charge in [0.15, 0.2) is 5.78 Å². The Hall–Kier alpha value is -1.77. The Morgan fingerprint density at radius 2 is 1.44 bits per heavy atom. The summed E-state index contributed by atoms with van der Waals surface area (Å²) in [6.45, 7) is 25.8. The molecule has 282 valence electrons. The van der Waals surface area contributed by atoms with Gasteiger partial charge in [-0.2, -0.15) is 5.06 Å². The Balaban J connectivity index is 1.22. The van der Waals surface area contributed by atoms with Crippen molar-refractivity contribution in [2.45, 2.75) is 183 Å². The third-order valence-corrected chi connectivity index (χ3v) is 16.8. The lowest BCUT2D eigenvalue weighted by molar-refractivity contribution is -0.246. The number of nitrogens with one attached hydrogen (secondary N) is 2. The number of carbonyl (C=O) groups is 3. The van der Waals surface area contributed by atoms with Crippen molar-refractivity contribution < 1.29 is 24.7 Å². The number of carbonyl (C=O) groups excluding carboxylic acids is 3. The summed E-state index contributed by atoms with van der Waals surface area (Å²) >= 11 is 0. The Kier molecular flexibility index (Phi) is 8.82. The molecule has 5 aliphatic carbocycles. The highest BCUT2D eigenvalue weighted by atomic mass is 16.5. The number of rotatable bonds is 4. The zero-order valence-electron chi connectivity index (χ0n) is 33.4. The Bertz CT molecular complexity index is 1450. The zero-order valence-corrected chi connectivity index (χ0v) is 33.4. The molecule has 2 amide bonds. The van der Waals surface area contributed by atoms with E-state index in [9.17, 15) is 24.7 Å². The first-order valence-corrected chi connectivity index (χ1v) is 19.8. The van der Waals surface area contributed by atoms with Gasteiger partial charge in [-0.3, -0.25) is 14.4 Å². The summed E-state index contributed by atoms with van der Waals surface area (Å²) < 4.78 is 0. The molecule has 0 bridgehead atoms. The largest absolute Gasteiger partial charge is 0.393 e. The van der Waals surface area contributed by atoms with Crippen LogP contribution in [0.5, 0.6) is 0 Å². The molecule has 4 N–H and O–H groups in total. The maximum Gasteiger partial charge on any atom is 0.242 e. The summed E-state index contributed by atoms with van der Waals surface area (Å²) in [5.74, 6) is 0.344. The number of aliphatic hydroxyl groups is 1. The predicted molar refractivity (Wildman–Crippen MR) is 196 cm³/mol. The fourth-order valence-electron chi connectivity index (χ4n) is 13.5. The third kappa shape index (κ3) is 5.41. The van der Waals surface area contributed by atoms with Gasteiger partial charge < -0.3 is 20.9 Å². The van der Waals surface area contributed by atoms with Gasteiger partial charge in [-0.25, -0.2) is 0 Å². The molecule has 1 saturated heterocycles. The standard InChI is InChI=1S/C42H69N3O5/c1-25(33(48)44-26-22-35(2,3)45(50)36(4,5)23-26)43-34(49)39(9)18-17-38(8)19-20-41(11)27(28(38)24-39)21-29(46)32-40(10)15-14-31(47)37(6,7)30(40)13-16-42(32,41)12/h21,25-26,28,30-32,47,50H,13-20,22-24H2,1-12H3,(H,43,49)(H,44,48)/t25-,28-,30-,31-,32+,38+,39-,40-,41+,42+/m0/s1. The first-order chi connectivity index (χ1) is 22.8. The van der Waals surface area contributed by atoms with Gasteiger partial charge >= 0.3 is 0 Å². The minimum absolute atomic E-state index is 0.0246. The first-order valence-electron chi connectivity index (χ1n) is 19.8. The fourth-order valence-corrected chi connectivity index (χ4v) is 13.5. The Labute approximate surface area is 302 Å². The molecule has 0 aromatic carbocycles. The molecular weight excluding hydrogens is 626 g/mol. The van der Waals surface area contributed by atoms with Crippen LogP contribution in [0.3, 0.4) is 0 Å². The minimum Gasteiger partial charge on any atom is -0.393 e. The molecule has 6 aliphatic rings. The molecular formula is C42H69N3O5. The van der Waals surface area contributed by atoms with E-state index in [1.165, 1.54) is 10.6 Å². The van der Waals surface area contributed by atoms with E-state index in [1.807, 2.05) is 27.7 Å². The van der Waals surface area contributed by atoms with Crippen LogP contribution in [-0.4, -0.2) is 62.2 Å². The lowest BCUT2D eigenvalue weighted by Crippen LogP contribution is -2.66. The molecule has 0 aromatic heterocycles. The molecule has 4 saturated carbocycles. The highest BCUT2D eigenvalue weighted by molar-refractivity contribution is 5.96. The van der Waals surface area contributed by atoms with Crippen LogP contribution >= 0.6 is 0 Å².